The first-order valence-corrected chi connectivity index (χ1v) is 9.38. The van der Waals surface area contributed by atoms with Gasteiger partial charge in [-0.15, -0.1) is 0 Å². The van der Waals surface area contributed by atoms with E-state index in [1.165, 1.54) is 11.8 Å². The van der Waals surface area contributed by atoms with Crippen LogP contribution >= 0.6 is 24.0 Å². The van der Waals surface area contributed by atoms with Crippen LogP contribution < -0.4 is 9.64 Å². The van der Waals surface area contributed by atoms with E-state index in [4.69, 9.17) is 17.0 Å². The molecule has 0 radical (unpaired) electrons. The maximum Gasteiger partial charge on any atom is 0.270 e. The van der Waals surface area contributed by atoms with Crippen molar-refractivity contribution < 1.29 is 9.53 Å². The summed E-state index contributed by atoms with van der Waals surface area (Å²) in [5.41, 5.74) is 2.91. The van der Waals surface area contributed by atoms with Gasteiger partial charge in [0.05, 0.1) is 17.2 Å². The minimum Gasteiger partial charge on any atom is -0.494 e. The average Bonchev–Trinajstić information content (AvgIpc) is 2.89. The summed E-state index contributed by atoms with van der Waals surface area (Å²) in [5.74, 6) is 0.761. The molecule has 2 aromatic rings. The van der Waals surface area contributed by atoms with E-state index in [9.17, 15) is 4.79 Å². The van der Waals surface area contributed by atoms with Crippen LogP contribution in [0.2, 0.25) is 0 Å². The van der Waals surface area contributed by atoms with Crippen LogP contribution in [0.4, 0.5) is 5.69 Å². The number of hydrogen-bond acceptors (Lipinski definition) is 4. The van der Waals surface area contributed by atoms with Crippen LogP contribution in [-0.2, 0) is 4.79 Å². The SMILES string of the molecule is CCCOc1ccc(/C=C2/SC(=S)N(c3ccc(C)cc3)C2=O)cc1. The van der Waals surface area contributed by atoms with Gasteiger partial charge in [0.2, 0.25) is 0 Å². The van der Waals surface area contributed by atoms with Crippen LogP contribution in [0.15, 0.2) is 53.4 Å². The first kappa shape index (κ1) is 17.7. The van der Waals surface area contributed by atoms with Crippen molar-refractivity contribution >= 4 is 46.0 Å². The van der Waals surface area contributed by atoms with E-state index in [1.807, 2.05) is 61.5 Å². The van der Waals surface area contributed by atoms with Crippen molar-refractivity contribution in [3.63, 3.8) is 0 Å². The highest BCUT2D eigenvalue weighted by atomic mass is 32.2. The van der Waals surface area contributed by atoms with Gasteiger partial charge < -0.3 is 4.74 Å². The number of anilines is 1. The third kappa shape index (κ3) is 4.11. The number of benzene rings is 2. The zero-order valence-corrected chi connectivity index (χ0v) is 15.8. The molecule has 1 aliphatic heterocycles. The predicted octanol–water partition coefficient (Wildman–Crippen LogP) is 5.19. The molecule has 5 heteroatoms. The number of nitrogens with zero attached hydrogens (tertiary/aromatic N) is 1. The first-order chi connectivity index (χ1) is 12.1. The second-order valence-corrected chi connectivity index (χ2v) is 7.45. The molecule has 128 valence electrons. The monoisotopic (exact) mass is 369 g/mol. The van der Waals surface area contributed by atoms with Crippen molar-refractivity contribution in [1.29, 1.82) is 0 Å². The molecule has 0 aliphatic carbocycles. The highest BCUT2D eigenvalue weighted by Gasteiger charge is 2.33. The van der Waals surface area contributed by atoms with Crippen LogP contribution in [-0.4, -0.2) is 16.8 Å². The summed E-state index contributed by atoms with van der Waals surface area (Å²) in [6.07, 6.45) is 2.85. The fraction of sp³-hybridized carbons (Fsp3) is 0.200. The van der Waals surface area contributed by atoms with E-state index >= 15 is 0 Å². The lowest BCUT2D eigenvalue weighted by molar-refractivity contribution is -0.113. The Kier molecular flexibility index (Phi) is 5.56. The second kappa shape index (κ2) is 7.85. The normalized spacial score (nSPS) is 15.9. The highest BCUT2D eigenvalue weighted by Crippen LogP contribution is 2.36. The maximum absolute atomic E-state index is 12.7. The molecule has 0 saturated carbocycles. The van der Waals surface area contributed by atoms with Crippen LogP contribution in [0, 0.1) is 6.92 Å². The van der Waals surface area contributed by atoms with Crippen molar-refractivity contribution in [3.05, 3.63) is 64.6 Å². The molecular formula is C20H19NO2S2. The average molecular weight is 370 g/mol. The molecule has 0 spiro atoms. The molecule has 25 heavy (non-hydrogen) atoms. The van der Waals surface area contributed by atoms with Crippen molar-refractivity contribution in [3.8, 4) is 5.75 Å². The van der Waals surface area contributed by atoms with E-state index in [1.54, 1.807) is 4.90 Å². The van der Waals surface area contributed by atoms with Gasteiger partial charge in [0, 0.05) is 0 Å². The number of carbonyl (C=O) groups excluding carboxylic acids is 1. The van der Waals surface area contributed by atoms with Crippen molar-refractivity contribution in [2.24, 2.45) is 0 Å². The van der Waals surface area contributed by atoms with Crippen molar-refractivity contribution in [2.75, 3.05) is 11.5 Å². The molecule has 1 heterocycles. The Hall–Kier alpha value is -2.11. The summed E-state index contributed by atoms with van der Waals surface area (Å²) in [6.45, 7) is 4.79. The lowest BCUT2D eigenvalue weighted by Crippen LogP contribution is -2.27. The van der Waals surface area contributed by atoms with Gasteiger partial charge in [0.1, 0.15) is 5.75 Å². The van der Waals surface area contributed by atoms with E-state index < -0.39 is 0 Å². The van der Waals surface area contributed by atoms with Crippen LogP contribution in [0.25, 0.3) is 6.08 Å². The Morgan fingerprint density at radius 2 is 1.80 bits per heavy atom. The van der Waals surface area contributed by atoms with Gasteiger partial charge in [-0.2, -0.15) is 0 Å². The fourth-order valence-electron chi connectivity index (χ4n) is 2.42. The van der Waals surface area contributed by atoms with Crippen molar-refractivity contribution in [1.82, 2.24) is 0 Å². The van der Waals surface area contributed by atoms with E-state index in [-0.39, 0.29) is 5.91 Å². The number of aryl methyl sites for hydroxylation is 1. The lowest BCUT2D eigenvalue weighted by Gasteiger charge is -2.14. The van der Waals surface area contributed by atoms with Gasteiger partial charge in [0.15, 0.2) is 4.32 Å². The molecule has 1 fully saturated rings. The predicted molar refractivity (Wildman–Crippen MR) is 109 cm³/mol. The summed E-state index contributed by atoms with van der Waals surface area (Å²) in [4.78, 5) is 15.0. The number of amides is 1. The molecule has 1 saturated heterocycles. The summed E-state index contributed by atoms with van der Waals surface area (Å²) in [6, 6.07) is 15.5. The van der Waals surface area contributed by atoms with Gasteiger partial charge in [0.25, 0.3) is 5.91 Å². The summed E-state index contributed by atoms with van der Waals surface area (Å²) < 4.78 is 6.14. The topological polar surface area (TPSA) is 29.5 Å². The summed E-state index contributed by atoms with van der Waals surface area (Å²) >= 11 is 6.73. The third-order valence-corrected chi connectivity index (χ3v) is 5.04. The Morgan fingerprint density at radius 1 is 1.12 bits per heavy atom. The quantitative estimate of drug-likeness (QED) is 0.536. The molecule has 0 unspecified atom stereocenters. The van der Waals surface area contributed by atoms with Gasteiger partial charge >= 0.3 is 0 Å². The van der Waals surface area contributed by atoms with Crippen molar-refractivity contribution in [2.45, 2.75) is 20.3 Å². The summed E-state index contributed by atoms with van der Waals surface area (Å²) in [7, 11) is 0. The number of ether oxygens (including phenoxy) is 1. The fourth-order valence-corrected chi connectivity index (χ4v) is 3.71. The minimum absolute atomic E-state index is 0.0786. The number of carbonyl (C=O) groups is 1. The number of hydrogen-bond donors (Lipinski definition) is 0. The summed E-state index contributed by atoms with van der Waals surface area (Å²) in [5, 5.41) is 0. The van der Waals surface area contributed by atoms with Crippen LogP contribution in [0.1, 0.15) is 24.5 Å². The standard InChI is InChI=1S/C20H19NO2S2/c1-3-12-23-17-10-6-15(7-11-17)13-18-19(22)21(20(24)25-18)16-8-4-14(2)5-9-16/h4-11,13H,3,12H2,1-2H3/b18-13+. The Balaban J connectivity index is 1.79. The highest BCUT2D eigenvalue weighted by molar-refractivity contribution is 8.27. The lowest BCUT2D eigenvalue weighted by atomic mass is 10.2. The van der Waals surface area contributed by atoms with Gasteiger partial charge in [-0.05, 0) is 49.2 Å². The molecule has 1 aliphatic rings. The van der Waals surface area contributed by atoms with Gasteiger partial charge in [-0.3, -0.25) is 9.69 Å². The Labute approximate surface area is 157 Å². The molecule has 3 nitrogen and oxygen atoms in total. The maximum atomic E-state index is 12.7. The van der Waals surface area contributed by atoms with Gasteiger partial charge in [-0.1, -0.05) is 60.7 Å². The van der Waals surface area contributed by atoms with Gasteiger partial charge in [-0.25, -0.2) is 0 Å². The Bertz CT molecular complexity index is 811. The Morgan fingerprint density at radius 3 is 2.44 bits per heavy atom. The molecule has 0 atom stereocenters. The van der Waals surface area contributed by atoms with Crippen LogP contribution in [0.3, 0.4) is 0 Å². The number of rotatable bonds is 5. The molecule has 0 N–H and O–H groups in total. The molecule has 1 amide bonds. The molecule has 3 rings (SSSR count). The molecule has 0 bridgehead atoms. The zero-order valence-electron chi connectivity index (χ0n) is 14.2. The third-order valence-electron chi connectivity index (χ3n) is 3.74. The number of thiocarbonyl (C=S) groups is 1. The smallest absolute Gasteiger partial charge is 0.270 e. The van der Waals surface area contributed by atoms with Crippen LogP contribution in [0.5, 0.6) is 5.75 Å². The van der Waals surface area contributed by atoms with E-state index in [0.717, 1.165) is 29.0 Å². The second-order valence-electron chi connectivity index (χ2n) is 5.77. The molecule has 2 aromatic carbocycles. The van der Waals surface area contributed by atoms with E-state index in [0.29, 0.717) is 15.8 Å². The zero-order chi connectivity index (χ0) is 17.8. The van der Waals surface area contributed by atoms with E-state index in [2.05, 4.69) is 6.92 Å². The first-order valence-electron chi connectivity index (χ1n) is 8.16. The minimum atomic E-state index is -0.0786. The molecular weight excluding hydrogens is 350 g/mol. The number of thioether (sulfide) groups is 1. The largest absolute Gasteiger partial charge is 0.494 e. The molecule has 0 aromatic heterocycles.